The highest BCUT2D eigenvalue weighted by Gasteiger charge is 2.22. The maximum Gasteiger partial charge on any atom is 0.0691 e. The fourth-order valence-corrected chi connectivity index (χ4v) is 2.73. The monoisotopic (exact) mass is 247 g/mol. The average molecular weight is 248 g/mol. The van der Waals surface area contributed by atoms with E-state index in [0.29, 0.717) is 6.54 Å². The van der Waals surface area contributed by atoms with Crippen LogP contribution in [0.5, 0.6) is 0 Å². The summed E-state index contributed by atoms with van der Waals surface area (Å²) in [6.45, 7) is 2.43. The molecule has 1 aromatic carbocycles. The van der Waals surface area contributed by atoms with E-state index >= 15 is 0 Å². The second-order valence-electron chi connectivity index (χ2n) is 4.67. The van der Waals surface area contributed by atoms with Crippen molar-refractivity contribution in [2.75, 3.05) is 0 Å². The molecule has 1 aliphatic rings. The van der Waals surface area contributed by atoms with Gasteiger partial charge in [-0.3, -0.25) is 0 Å². The SMILES string of the molecule is C[C@H](O)Cn1ccc2c1-c1cc(Cl)ccc1C2. The third-order valence-corrected chi connectivity index (χ3v) is 3.45. The van der Waals surface area contributed by atoms with Gasteiger partial charge < -0.3 is 9.67 Å². The van der Waals surface area contributed by atoms with E-state index < -0.39 is 0 Å². The molecule has 0 radical (unpaired) electrons. The van der Waals surface area contributed by atoms with E-state index in [1.54, 1.807) is 6.92 Å². The van der Waals surface area contributed by atoms with E-state index in [2.05, 4.69) is 16.7 Å². The summed E-state index contributed by atoms with van der Waals surface area (Å²) >= 11 is 6.06. The third-order valence-electron chi connectivity index (χ3n) is 3.22. The molecular formula is C14H14ClNO. The summed E-state index contributed by atoms with van der Waals surface area (Å²) in [6.07, 6.45) is 2.67. The van der Waals surface area contributed by atoms with Gasteiger partial charge in [0.1, 0.15) is 0 Å². The van der Waals surface area contributed by atoms with Crippen LogP contribution in [0.1, 0.15) is 18.1 Å². The highest BCUT2D eigenvalue weighted by molar-refractivity contribution is 6.30. The predicted octanol–water partition coefficient (Wildman–Crippen LogP) is 3.09. The zero-order valence-corrected chi connectivity index (χ0v) is 10.4. The number of benzene rings is 1. The summed E-state index contributed by atoms with van der Waals surface area (Å²) in [6, 6.07) is 8.17. The molecule has 0 saturated heterocycles. The molecule has 0 saturated carbocycles. The van der Waals surface area contributed by atoms with Crippen molar-refractivity contribution >= 4 is 11.6 Å². The molecule has 88 valence electrons. The third kappa shape index (κ3) is 1.78. The number of rotatable bonds is 2. The number of hydrogen-bond donors (Lipinski definition) is 1. The molecule has 1 heterocycles. The molecule has 0 spiro atoms. The van der Waals surface area contributed by atoms with Crippen LogP contribution < -0.4 is 0 Å². The fraction of sp³-hybridized carbons (Fsp3) is 0.286. The summed E-state index contributed by atoms with van der Waals surface area (Å²) in [7, 11) is 0. The van der Waals surface area contributed by atoms with Gasteiger partial charge in [-0.25, -0.2) is 0 Å². The smallest absolute Gasteiger partial charge is 0.0691 e. The Morgan fingerprint density at radius 3 is 2.94 bits per heavy atom. The summed E-state index contributed by atoms with van der Waals surface area (Å²) in [5.41, 5.74) is 5.06. The molecule has 0 amide bonds. The van der Waals surface area contributed by atoms with Crippen molar-refractivity contribution in [3.05, 3.63) is 46.6 Å². The van der Waals surface area contributed by atoms with Crippen molar-refractivity contribution in [2.45, 2.75) is 26.0 Å². The molecule has 0 bridgehead atoms. The van der Waals surface area contributed by atoms with Gasteiger partial charge in [-0.05, 0) is 36.2 Å². The standard InChI is InChI=1S/C14H14ClNO/c1-9(17)8-16-5-4-11-6-10-2-3-12(15)7-13(10)14(11)16/h2-5,7,9,17H,6,8H2,1H3/t9-/m0/s1. The number of fused-ring (bicyclic) bond motifs is 3. The zero-order valence-electron chi connectivity index (χ0n) is 9.65. The first-order valence-corrected chi connectivity index (χ1v) is 6.18. The van der Waals surface area contributed by atoms with Crippen LogP contribution in [0.15, 0.2) is 30.5 Å². The molecule has 3 heteroatoms. The normalized spacial score (nSPS) is 14.5. The van der Waals surface area contributed by atoms with E-state index in [4.69, 9.17) is 11.6 Å². The van der Waals surface area contributed by atoms with E-state index in [0.717, 1.165) is 11.4 Å². The number of halogens is 1. The minimum Gasteiger partial charge on any atom is -0.392 e. The molecule has 2 nitrogen and oxygen atoms in total. The molecule has 1 aromatic heterocycles. The van der Waals surface area contributed by atoms with Crippen LogP contribution in [0, 0.1) is 0 Å². The lowest BCUT2D eigenvalue weighted by molar-refractivity contribution is 0.174. The van der Waals surface area contributed by atoms with Gasteiger partial charge in [-0.1, -0.05) is 17.7 Å². The van der Waals surface area contributed by atoms with Gasteiger partial charge in [-0.15, -0.1) is 0 Å². The highest BCUT2D eigenvalue weighted by atomic mass is 35.5. The summed E-state index contributed by atoms with van der Waals surface area (Å²) < 4.78 is 2.11. The van der Waals surface area contributed by atoms with E-state index in [1.165, 1.54) is 22.4 Å². The Hall–Kier alpha value is -1.25. The van der Waals surface area contributed by atoms with Gasteiger partial charge >= 0.3 is 0 Å². The lowest BCUT2D eigenvalue weighted by atomic mass is 10.1. The maximum atomic E-state index is 9.51. The molecule has 0 fully saturated rings. The van der Waals surface area contributed by atoms with Crippen molar-refractivity contribution in [3.63, 3.8) is 0 Å². The zero-order chi connectivity index (χ0) is 12.0. The minimum atomic E-state index is -0.338. The number of hydrogen-bond acceptors (Lipinski definition) is 1. The second kappa shape index (κ2) is 3.90. The summed E-state index contributed by atoms with van der Waals surface area (Å²) in [5, 5.41) is 10.3. The van der Waals surface area contributed by atoms with Crippen LogP contribution >= 0.6 is 11.6 Å². The first-order chi connectivity index (χ1) is 8.15. The molecule has 1 aliphatic carbocycles. The Labute approximate surface area is 105 Å². The van der Waals surface area contributed by atoms with E-state index in [1.807, 2.05) is 18.3 Å². The van der Waals surface area contributed by atoms with Crippen LogP contribution in [-0.4, -0.2) is 15.8 Å². The van der Waals surface area contributed by atoms with Crippen LogP contribution in [0.4, 0.5) is 0 Å². The molecule has 0 unspecified atom stereocenters. The molecule has 3 rings (SSSR count). The number of aliphatic hydroxyl groups is 1. The second-order valence-corrected chi connectivity index (χ2v) is 5.11. The van der Waals surface area contributed by atoms with E-state index in [-0.39, 0.29) is 6.10 Å². The van der Waals surface area contributed by atoms with Gasteiger partial charge in [0.25, 0.3) is 0 Å². The van der Waals surface area contributed by atoms with Crippen molar-refractivity contribution in [1.82, 2.24) is 4.57 Å². The van der Waals surface area contributed by atoms with Gasteiger partial charge in [0.15, 0.2) is 0 Å². The molecule has 1 atom stereocenters. The minimum absolute atomic E-state index is 0.338. The Balaban J connectivity index is 2.12. The average Bonchev–Trinajstić information content (AvgIpc) is 2.78. The van der Waals surface area contributed by atoms with Gasteiger partial charge in [-0.2, -0.15) is 0 Å². The Morgan fingerprint density at radius 1 is 1.35 bits per heavy atom. The van der Waals surface area contributed by atoms with Crippen molar-refractivity contribution < 1.29 is 5.11 Å². The van der Waals surface area contributed by atoms with Gasteiger partial charge in [0.2, 0.25) is 0 Å². The van der Waals surface area contributed by atoms with Crippen LogP contribution in [-0.2, 0) is 13.0 Å². The van der Waals surface area contributed by atoms with Crippen LogP contribution in [0.25, 0.3) is 11.3 Å². The number of aliphatic hydroxyl groups excluding tert-OH is 1. The Bertz CT molecular complexity index is 572. The van der Waals surface area contributed by atoms with Crippen LogP contribution in [0.2, 0.25) is 5.02 Å². The summed E-state index contributed by atoms with van der Waals surface area (Å²) in [4.78, 5) is 0. The van der Waals surface area contributed by atoms with Crippen molar-refractivity contribution in [1.29, 1.82) is 0 Å². The molecular weight excluding hydrogens is 234 g/mol. The van der Waals surface area contributed by atoms with Gasteiger partial charge in [0.05, 0.1) is 11.8 Å². The van der Waals surface area contributed by atoms with Crippen molar-refractivity contribution in [2.24, 2.45) is 0 Å². The topological polar surface area (TPSA) is 25.2 Å². The van der Waals surface area contributed by atoms with Crippen LogP contribution in [0.3, 0.4) is 0 Å². The molecule has 17 heavy (non-hydrogen) atoms. The highest BCUT2D eigenvalue weighted by Crippen LogP contribution is 2.38. The largest absolute Gasteiger partial charge is 0.392 e. The first kappa shape index (κ1) is 10.9. The molecule has 2 aromatic rings. The lowest BCUT2D eigenvalue weighted by Gasteiger charge is -2.11. The lowest BCUT2D eigenvalue weighted by Crippen LogP contribution is -2.11. The van der Waals surface area contributed by atoms with Gasteiger partial charge in [0, 0.05) is 29.7 Å². The molecule has 1 N–H and O–H groups in total. The molecule has 0 aliphatic heterocycles. The summed E-state index contributed by atoms with van der Waals surface area (Å²) in [5.74, 6) is 0. The van der Waals surface area contributed by atoms with E-state index in [9.17, 15) is 5.11 Å². The predicted molar refractivity (Wildman–Crippen MR) is 69.4 cm³/mol. The quantitative estimate of drug-likeness (QED) is 0.740. The Morgan fingerprint density at radius 2 is 2.18 bits per heavy atom. The Kier molecular flexibility index (Phi) is 2.49. The number of aromatic nitrogens is 1. The van der Waals surface area contributed by atoms with Crippen molar-refractivity contribution in [3.8, 4) is 11.3 Å². The number of nitrogens with zero attached hydrogens (tertiary/aromatic N) is 1. The first-order valence-electron chi connectivity index (χ1n) is 5.80. The maximum absolute atomic E-state index is 9.51. The fourth-order valence-electron chi connectivity index (χ4n) is 2.55.